The summed E-state index contributed by atoms with van der Waals surface area (Å²) < 4.78 is 0. The molecule has 8 aromatic rings. The average molecular weight is 871 g/mol. The van der Waals surface area contributed by atoms with E-state index in [1.165, 1.54) is 55.6 Å². The lowest BCUT2D eigenvalue weighted by atomic mass is 10.2. The Morgan fingerprint density at radius 2 is 0.585 bits per heavy atom. The van der Waals surface area contributed by atoms with Crippen LogP contribution in [-0.2, 0) is 0 Å². The van der Waals surface area contributed by atoms with Gasteiger partial charge in [-0.25, -0.2) is 0 Å². The maximum atomic E-state index is 4.17. The van der Waals surface area contributed by atoms with Gasteiger partial charge in [0.05, 0.1) is 0 Å². The molecule has 0 radical (unpaired) electrons. The van der Waals surface area contributed by atoms with Crippen LogP contribution in [0.25, 0.3) is 0 Å². The molecule has 0 saturated carbocycles. The molecule has 344 valence electrons. The van der Waals surface area contributed by atoms with Crippen molar-refractivity contribution in [2.45, 2.75) is 118 Å². The second-order valence-corrected chi connectivity index (χ2v) is 16.2. The second kappa shape index (κ2) is 33.8. The van der Waals surface area contributed by atoms with Gasteiger partial charge in [-0.05, 0) is 193 Å². The molecule has 8 rings (SSSR count). The lowest BCUT2D eigenvalue weighted by molar-refractivity contribution is 1.12. The van der Waals surface area contributed by atoms with Crippen molar-refractivity contribution < 1.29 is 0 Å². The van der Waals surface area contributed by atoms with Crippen LogP contribution >= 0.6 is 0 Å². The van der Waals surface area contributed by atoms with Crippen molar-refractivity contribution >= 4 is 0 Å². The standard InChI is InChI=1S/2C8H10.6C7H9N.CH4/c1-7-3-5-8(2)6-4-7;1-7-4-3-5-8(2)6-7;1-6-3-7(2)5-8-4-6;2*1-6-3-4-8-7(2)5-6;2*1-6-3-4-7(2)8-5-6;1-6-4-3-5-7(2)8-6;/h2*3-6H,1-2H3;6*3-5H,1-2H3;1H4. The van der Waals surface area contributed by atoms with Gasteiger partial charge in [0.1, 0.15) is 0 Å². The first kappa shape index (κ1) is 58.3. The summed E-state index contributed by atoms with van der Waals surface area (Å²) in [5, 5.41) is 0. The monoisotopic (exact) mass is 871 g/mol. The first-order valence-corrected chi connectivity index (χ1v) is 21.7. The molecule has 2 aromatic carbocycles. The van der Waals surface area contributed by atoms with Gasteiger partial charge in [-0.1, -0.05) is 102 Å². The topological polar surface area (TPSA) is 77.3 Å². The van der Waals surface area contributed by atoms with Crippen LogP contribution in [0.15, 0.2) is 159 Å². The molecule has 6 heterocycles. The molecule has 0 saturated heterocycles. The van der Waals surface area contributed by atoms with Gasteiger partial charge in [0.2, 0.25) is 0 Å². The fraction of sp³-hybridized carbons (Fsp3) is 0.288. The van der Waals surface area contributed by atoms with Crippen molar-refractivity contribution in [3.63, 3.8) is 0 Å². The van der Waals surface area contributed by atoms with Crippen molar-refractivity contribution in [2.75, 3.05) is 0 Å². The summed E-state index contributed by atoms with van der Waals surface area (Å²) >= 11 is 0. The molecule has 65 heavy (non-hydrogen) atoms. The third-order valence-corrected chi connectivity index (χ3v) is 8.65. The Bertz CT molecular complexity index is 1930. The van der Waals surface area contributed by atoms with E-state index in [0.29, 0.717) is 0 Å². The van der Waals surface area contributed by atoms with E-state index in [9.17, 15) is 0 Å². The van der Waals surface area contributed by atoms with Gasteiger partial charge in [-0.15, -0.1) is 0 Å². The minimum absolute atomic E-state index is 0. The maximum absolute atomic E-state index is 4.17. The first-order chi connectivity index (χ1) is 30.3. The maximum Gasteiger partial charge on any atom is 0.0375 e. The van der Waals surface area contributed by atoms with Gasteiger partial charge in [0, 0.05) is 71.3 Å². The van der Waals surface area contributed by atoms with E-state index >= 15 is 0 Å². The minimum Gasteiger partial charge on any atom is -0.264 e. The van der Waals surface area contributed by atoms with E-state index in [0.717, 1.165) is 34.2 Å². The summed E-state index contributed by atoms with van der Waals surface area (Å²) in [7, 11) is 0. The number of pyridine rings is 6. The Kier molecular flexibility index (Phi) is 30.4. The molecule has 0 spiro atoms. The summed E-state index contributed by atoms with van der Waals surface area (Å²) in [6, 6.07) is 41.3. The molecular weight excluding hydrogens is 793 g/mol. The molecule has 0 atom stereocenters. The third-order valence-electron chi connectivity index (χ3n) is 8.65. The molecule has 0 fully saturated rings. The van der Waals surface area contributed by atoms with Gasteiger partial charge in [-0.2, -0.15) is 0 Å². The van der Waals surface area contributed by atoms with Crippen LogP contribution in [0.3, 0.4) is 0 Å². The Hall–Kier alpha value is -6.66. The fourth-order valence-electron chi connectivity index (χ4n) is 5.29. The predicted molar refractivity (Wildman–Crippen MR) is 281 cm³/mol. The molecule has 0 bridgehead atoms. The smallest absolute Gasteiger partial charge is 0.0375 e. The summed E-state index contributed by atoms with van der Waals surface area (Å²) in [5.41, 5.74) is 19.3. The zero-order valence-corrected chi connectivity index (χ0v) is 41.7. The molecule has 6 heteroatoms. The quantitative estimate of drug-likeness (QED) is 0.151. The SMILES string of the molecule is C.Cc1ccc(C)cc1.Cc1ccc(C)nc1.Cc1ccc(C)nc1.Cc1cccc(C)c1.Cc1cccc(C)n1.Cc1ccnc(C)c1.Cc1ccnc(C)c1.Cc1cncc(C)c1. The number of hydrogen-bond donors (Lipinski definition) is 0. The van der Waals surface area contributed by atoms with Crippen molar-refractivity contribution in [3.05, 3.63) is 248 Å². The fourth-order valence-corrected chi connectivity index (χ4v) is 5.29. The Labute approximate surface area is 394 Å². The summed E-state index contributed by atoms with van der Waals surface area (Å²) in [5.74, 6) is 0. The third kappa shape index (κ3) is 32.6. The lowest BCUT2D eigenvalue weighted by Gasteiger charge is -1.90. The lowest BCUT2D eigenvalue weighted by Crippen LogP contribution is -1.81. The highest BCUT2D eigenvalue weighted by atomic mass is 14.7. The van der Waals surface area contributed by atoms with Gasteiger partial charge in [0.25, 0.3) is 0 Å². The minimum atomic E-state index is 0. The van der Waals surface area contributed by atoms with Gasteiger partial charge in [-0.3, -0.25) is 29.9 Å². The first-order valence-electron chi connectivity index (χ1n) is 21.7. The molecule has 0 N–H and O–H groups in total. The van der Waals surface area contributed by atoms with Crippen molar-refractivity contribution in [3.8, 4) is 0 Å². The van der Waals surface area contributed by atoms with E-state index in [-0.39, 0.29) is 7.43 Å². The highest BCUT2D eigenvalue weighted by Gasteiger charge is 1.86. The highest BCUT2D eigenvalue weighted by molar-refractivity contribution is 5.21. The van der Waals surface area contributed by atoms with Crippen LogP contribution < -0.4 is 0 Å². The van der Waals surface area contributed by atoms with E-state index < -0.39 is 0 Å². The highest BCUT2D eigenvalue weighted by Crippen LogP contribution is 2.02. The largest absolute Gasteiger partial charge is 0.264 e. The zero-order chi connectivity index (χ0) is 47.9. The summed E-state index contributed by atoms with van der Waals surface area (Å²) in [6.45, 7) is 32.6. The number of aryl methyl sites for hydroxylation is 16. The van der Waals surface area contributed by atoms with Gasteiger partial charge in [0.15, 0.2) is 0 Å². The second-order valence-electron chi connectivity index (χ2n) is 16.2. The van der Waals surface area contributed by atoms with Crippen molar-refractivity contribution in [2.24, 2.45) is 0 Å². The molecule has 6 aromatic heterocycles. The normalized spacial score (nSPS) is 9.11. The molecule has 0 aliphatic carbocycles. The van der Waals surface area contributed by atoms with Gasteiger partial charge >= 0.3 is 0 Å². The van der Waals surface area contributed by atoms with Crippen LogP contribution in [0.5, 0.6) is 0 Å². The molecule has 0 unspecified atom stereocenters. The molecule has 0 aliphatic rings. The van der Waals surface area contributed by atoms with Crippen molar-refractivity contribution in [1.29, 1.82) is 0 Å². The van der Waals surface area contributed by atoms with Crippen LogP contribution in [0.4, 0.5) is 0 Å². The number of hydrogen-bond acceptors (Lipinski definition) is 6. The van der Waals surface area contributed by atoms with E-state index in [2.05, 4.69) is 150 Å². The predicted octanol–water partition coefficient (Wildman–Crippen LogP) is 15.4. The van der Waals surface area contributed by atoms with Crippen molar-refractivity contribution in [1.82, 2.24) is 29.9 Å². The van der Waals surface area contributed by atoms with Crippen LogP contribution in [0.2, 0.25) is 0 Å². The number of rotatable bonds is 0. The molecule has 0 amide bonds. The van der Waals surface area contributed by atoms with Gasteiger partial charge < -0.3 is 0 Å². The van der Waals surface area contributed by atoms with Crippen LogP contribution in [0, 0.1) is 111 Å². The van der Waals surface area contributed by atoms with Crippen LogP contribution in [0.1, 0.15) is 97.2 Å². The molecule has 6 nitrogen and oxygen atoms in total. The van der Waals surface area contributed by atoms with Crippen LogP contribution in [-0.4, -0.2) is 29.9 Å². The Morgan fingerprint density at radius 1 is 0.246 bits per heavy atom. The Morgan fingerprint density at radius 3 is 0.800 bits per heavy atom. The van der Waals surface area contributed by atoms with E-state index in [1.807, 2.05) is 149 Å². The van der Waals surface area contributed by atoms with E-state index in [4.69, 9.17) is 0 Å². The molecular formula is C59H78N6. The molecule has 0 aliphatic heterocycles. The number of benzene rings is 2. The Balaban J connectivity index is 0.000000719. The zero-order valence-electron chi connectivity index (χ0n) is 41.7. The van der Waals surface area contributed by atoms with E-state index in [1.54, 1.807) is 0 Å². The summed E-state index contributed by atoms with van der Waals surface area (Å²) in [4.78, 5) is 24.4. The average Bonchev–Trinajstić information content (AvgIpc) is 3.23. The summed E-state index contributed by atoms with van der Waals surface area (Å²) in [6.07, 6.45) is 11.1. The number of nitrogens with zero attached hydrogens (tertiary/aromatic N) is 6. The number of aromatic nitrogens is 6.